The molecular weight excluding hydrogens is 223 g/mol. The van der Waals surface area contributed by atoms with E-state index in [1.807, 2.05) is 0 Å². The van der Waals surface area contributed by atoms with Gasteiger partial charge in [0.1, 0.15) is 18.2 Å². The van der Waals surface area contributed by atoms with Crippen molar-refractivity contribution in [2.24, 2.45) is 11.8 Å². The van der Waals surface area contributed by atoms with Crippen LogP contribution in [-0.4, -0.2) is 19.7 Å². The van der Waals surface area contributed by atoms with Gasteiger partial charge in [-0.3, -0.25) is 4.79 Å². The van der Waals surface area contributed by atoms with Crippen LogP contribution in [0.2, 0.25) is 0 Å². The Balaban J connectivity index is 1.93. The van der Waals surface area contributed by atoms with E-state index in [-0.39, 0.29) is 24.3 Å². The first-order valence-electron chi connectivity index (χ1n) is 5.67. The van der Waals surface area contributed by atoms with E-state index >= 15 is 0 Å². The summed E-state index contributed by atoms with van der Waals surface area (Å²) in [5.74, 6) is -0.0220. The van der Waals surface area contributed by atoms with E-state index in [2.05, 4.69) is 0 Å². The van der Waals surface area contributed by atoms with E-state index in [0.717, 1.165) is 12.8 Å². The van der Waals surface area contributed by atoms with Crippen molar-refractivity contribution in [1.82, 2.24) is 0 Å². The Kier molecular flexibility index (Phi) is 3.61. The summed E-state index contributed by atoms with van der Waals surface area (Å²) in [6.07, 6.45) is 2.07. The maximum Gasteiger partial charge on any atom is 0.312 e. The lowest BCUT2D eigenvalue weighted by Crippen LogP contribution is -2.25. The summed E-state index contributed by atoms with van der Waals surface area (Å²) >= 11 is 0. The third kappa shape index (κ3) is 3.19. The molecule has 1 aliphatic carbocycles. The lowest BCUT2D eigenvalue weighted by atomic mass is 10.1. The van der Waals surface area contributed by atoms with E-state index in [4.69, 9.17) is 9.47 Å². The van der Waals surface area contributed by atoms with Gasteiger partial charge >= 0.3 is 5.97 Å². The van der Waals surface area contributed by atoms with Gasteiger partial charge in [-0.05, 0) is 30.9 Å². The standard InChI is InChI=1S/C13H15FO3/c1-16-13(15)12(9-5-6-9)8-17-11-4-2-3-10(14)7-11/h2-4,7,9,12H,5-6,8H2,1H3. The Hall–Kier alpha value is -1.58. The zero-order chi connectivity index (χ0) is 12.3. The van der Waals surface area contributed by atoms with Gasteiger partial charge in [-0.1, -0.05) is 6.07 Å². The zero-order valence-electron chi connectivity index (χ0n) is 9.69. The highest BCUT2D eigenvalue weighted by Gasteiger charge is 2.37. The molecule has 0 aliphatic heterocycles. The Morgan fingerprint density at radius 2 is 2.29 bits per heavy atom. The van der Waals surface area contributed by atoms with Gasteiger partial charge < -0.3 is 9.47 Å². The highest BCUT2D eigenvalue weighted by Crippen LogP contribution is 2.37. The lowest BCUT2D eigenvalue weighted by molar-refractivity contribution is -0.147. The van der Waals surface area contributed by atoms with Gasteiger partial charge in [-0.25, -0.2) is 4.39 Å². The zero-order valence-corrected chi connectivity index (χ0v) is 9.69. The molecule has 0 aromatic heterocycles. The molecule has 0 amide bonds. The van der Waals surface area contributed by atoms with E-state index in [9.17, 15) is 9.18 Å². The van der Waals surface area contributed by atoms with Crippen molar-refractivity contribution in [3.8, 4) is 5.75 Å². The van der Waals surface area contributed by atoms with Crippen LogP contribution in [0.4, 0.5) is 4.39 Å². The van der Waals surface area contributed by atoms with Crippen LogP contribution in [0.3, 0.4) is 0 Å². The van der Waals surface area contributed by atoms with Crippen molar-refractivity contribution < 1.29 is 18.7 Å². The average Bonchev–Trinajstić information content (AvgIpc) is 3.13. The van der Waals surface area contributed by atoms with Crippen LogP contribution in [0.5, 0.6) is 5.75 Å². The first kappa shape index (κ1) is 11.9. The predicted octanol–water partition coefficient (Wildman–Crippen LogP) is 2.40. The summed E-state index contributed by atoms with van der Waals surface area (Å²) < 4.78 is 23.1. The molecule has 2 rings (SSSR count). The van der Waals surface area contributed by atoms with Crippen LogP contribution in [0.15, 0.2) is 24.3 Å². The first-order valence-corrected chi connectivity index (χ1v) is 5.67. The summed E-state index contributed by atoms with van der Waals surface area (Å²) in [6, 6.07) is 5.91. The van der Waals surface area contributed by atoms with Crippen LogP contribution in [-0.2, 0) is 9.53 Å². The van der Waals surface area contributed by atoms with Crippen molar-refractivity contribution in [1.29, 1.82) is 0 Å². The van der Waals surface area contributed by atoms with E-state index in [0.29, 0.717) is 11.7 Å². The monoisotopic (exact) mass is 238 g/mol. The Morgan fingerprint density at radius 1 is 1.53 bits per heavy atom. The van der Waals surface area contributed by atoms with Crippen molar-refractivity contribution >= 4 is 5.97 Å². The van der Waals surface area contributed by atoms with E-state index < -0.39 is 0 Å². The molecule has 3 nitrogen and oxygen atoms in total. The number of rotatable bonds is 5. The van der Waals surface area contributed by atoms with Gasteiger partial charge in [-0.2, -0.15) is 0 Å². The fourth-order valence-corrected chi connectivity index (χ4v) is 1.79. The number of methoxy groups -OCH3 is 1. The first-order chi connectivity index (χ1) is 8.20. The minimum Gasteiger partial charge on any atom is -0.493 e. The summed E-state index contributed by atoms with van der Waals surface area (Å²) in [5, 5.41) is 0. The van der Waals surface area contributed by atoms with Crippen LogP contribution >= 0.6 is 0 Å². The number of ether oxygens (including phenoxy) is 2. The summed E-state index contributed by atoms with van der Waals surface area (Å²) in [6.45, 7) is 0.251. The molecule has 0 bridgehead atoms. The van der Waals surface area contributed by atoms with Gasteiger partial charge in [0.05, 0.1) is 13.0 Å². The SMILES string of the molecule is COC(=O)C(COc1cccc(F)c1)C1CC1. The molecule has 0 N–H and O–H groups in total. The molecule has 0 radical (unpaired) electrons. The van der Waals surface area contributed by atoms with Gasteiger partial charge in [0.2, 0.25) is 0 Å². The van der Waals surface area contributed by atoms with Crippen molar-refractivity contribution in [2.45, 2.75) is 12.8 Å². The molecule has 1 aliphatic rings. The second kappa shape index (κ2) is 5.17. The molecule has 0 heterocycles. The molecule has 92 valence electrons. The van der Waals surface area contributed by atoms with Crippen LogP contribution in [0, 0.1) is 17.7 Å². The molecule has 1 saturated carbocycles. The predicted molar refractivity (Wildman–Crippen MR) is 60.1 cm³/mol. The fourth-order valence-electron chi connectivity index (χ4n) is 1.79. The molecule has 17 heavy (non-hydrogen) atoms. The maximum absolute atomic E-state index is 12.9. The number of hydrogen-bond donors (Lipinski definition) is 0. The van der Waals surface area contributed by atoms with E-state index in [1.54, 1.807) is 12.1 Å². The number of hydrogen-bond acceptors (Lipinski definition) is 3. The molecule has 1 atom stereocenters. The maximum atomic E-state index is 12.9. The Labute approximate surface area is 99.5 Å². The highest BCUT2D eigenvalue weighted by molar-refractivity contribution is 5.73. The van der Waals surface area contributed by atoms with Gasteiger partial charge in [0.25, 0.3) is 0 Å². The minimum atomic E-state index is -0.344. The fraction of sp³-hybridized carbons (Fsp3) is 0.462. The molecule has 0 spiro atoms. The van der Waals surface area contributed by atoms with Gasteiger partial charge in [0, 0.05) is 6.07 Å². The van der Waals surface area contributed by atoms with Crippen molar-refractivity contribution in [3.63, 3.8) is 0 Å². The molecule has 1 aromatic rings. The molecular formula is C13H15FO3. The molecule has 1 aromatic carbocycles. The third-order valence-corrected chi connectivity index (χ3v) is 2.92. The number of carbonyl (C=O) groups excluding carboxylic acids is 1. The van der Waals surface area contributed by atoms with E-state index in [1.165, 1.54) is 19.2 Å². The number of benzene rings is 1. The molecule has 4 heteroatoms. The van der Waals surface area contributed by atoms with Crippen LogP contribution < -0.4 is 4.74 Å². The summed E-state index contributed by atoms with van der Waals surface area (Å²) in [5.41, 5.74) is 0. The van der Waals surface area contributed by atoms with Crippen molar-refractivity contribution in [2.75, 3.05) is 13.7 Å². The minimum absolute atomic E-state index is 0.233. The normalized spacial score (nSPS) is 16.4. The molecule has 1 fully saturated rings. The quantitative estimate of drug-likeness (QED) is 0.739. The summed E-state index contributed by atoms with van der Waals surface area (Å²) in [7, 11) is 1.37. The van der Waals surface area contributed by atoms with Gasteiger partial charge in [-0.15, -0.1) is 0 Å². The van der Waals surface area contributed by atoms with Crippen LogP contribution in [0.1, 0.15) is 12.8 Å². The molecule has 1 unspecified atom stereocenters. The number of esters is 1. The second-order valence-corrected chi connectivity index (χ2v) is 4.24. The van der Waals surface area contributed by atoms with Crippen LogP contribution in [0.25, 0.3) is 0 Å². The largest absolute Gasteiger partial charge is 0.493 e. The molecule has 0 saturated heterocycles. The second-order valence-electron chi connectivity index (χ2n) is 4.24. The van der Waals surface area contributed by atoms with Gasteiger partial charge in [0.15, 0.2) is 0 Å². The Morgan fingerprint density at radius 3 is 2.88 bits per heavy atom. The number of carbonyl (C=O) groups is 1. The summed E-state index contributed by atoms with van der Waals surface area (Å²) in [4.78, 5) is 11.5. The number of halogens is 1. The highest BCUT2D eigenvalue weighted by atomic mass is 19.1. The smallest absolute Gasteiger partial charge is 0.312 e. The Bertz CT molecular complexity index is 401. The van der Waals surface area contributed by atoms with Crippen molar-refractivity contribution in [3.05, 3.63) is 30.1 Å². The lowest BCUT2D eigenvalue weighted by Gasteiger charge is -2.14. The topological polar surface area (TPSA) is 35.5 Å². The third-order valence-electron chi connectivity index (χ3n) is 2.92. The average molecular weight is 238 g/mol.